The first-order valence-corrected chi connectivity index (χ1v) is 8.59. The minimum atomic E-state index is -0.941. The van der Waals surface area contributed by atoms with Crippen LogP contribution in [0.15, 0.2) is 12.2 Å². The maximum atomic E-state index is 9.12. The zero-order valence-corrected chi connectivity index (χ0v) is 9.93. The number of aliphatic hydroxyl groups excluding tert-OH is 1. The Bertz CT molecular complexity index is 140. The lowest BCUT2D eigenvalue weighted by Crippen LogP contribution is -2.17. The van der Waals surface area contributed by atoms with E-state index in [1.54, 1.807) is 0 Å². The first-order valence-electron chi connectivity index (χ1n) is 4.35. The molecule has 0 rings (SSSR count). The summed E-state index contributed by atoms with van der Waals surface area (Å²) in [6, 6.07) is 1.18. The smallest absolute Gasteiger partial charge is 0.0709 e. The Morgan fingerprint density at radius 1 is 1.33 bits per heavy atom. The van der Waals surface area contributed by atoms with E-state index in [0.717, 1.165) is 0 Å². The lowest BCUT2D eigenvalue weighted by atomic mass is 10.3. The fraction of sp³-hybridized carbons (Fsp3) is 0.778. The van der Waals surface area contributed by atoms with Crippen LogP contribution in [0, 0.1) is 0 Å². The highest BCUT2D eigenvalue weighted by molar-refractivity contribution is 6.76. The van der Waals surface area contributed by atoms with Gasteiger partial charge in [0.25, 0.3) is 0 Å². The molecule has 0 saturated carbocycles. The lowest BCUT2D eigenvalue weighted by molar-refractivity contribution is 0.202. The Hall–Kier alpha value is 0.207. The van der Waals surface area contributed by atoms with Crippen LogP contribution in [-0.4, -0.2) is 25.2 Å². The quantitative estimate of drug-likeness (QED) is 0.417. The molecular weight excluding hydrogens is 188 g/mol. The molecule has 0 bridgehead atoms. The van der Waals surface area contributed by atoms with E-state index in [9.17, 15) is 0 Å². The van der Waals surface area contributed by atoms with Crippen LogP contribution >= 0.6 is 11.6 Å². The molecule has 0 aromatic heterocycles. The standard InChI is InChI=1S/C9H19ClOSi/c1-12(2,3)7-5-4-6-9(11)8-10/h4-5,9,11H,6-8H2,1-3H3/t9-/m1/s1. The van der Waals surface area contributed by atoms with Gasteiger partial charge in [0.05, 0.1) is 6.10 Å². The molecule has 3 heteroatoms. The van der Waals surface area contributed by atoms with Crippen molar-refractivity contribution in [3.8, 4) is 0 Å². The van der Waals surface area contributed by atoms with Crippen molar-refractivity contribution >= 4 is 19.7 Å². The minimum Gasteiger partial charge on any atom is -0.392 e. The zero-order valence-electron chi connectivity index (χ0n) is 8.18. The normalized spacial score (nSPS) is 15.4. The largest absolute Gasteiger partial charge is 0.392 e. The average Bonchev–Trinajstić information content (AvgIpc) is 1.96. The first kappa shape index (κ1) is 12.2. The van der Waals surface area contributed by atoms with Crippen LogP contribution in [0.25, 0.3) is 0 Å². The number of hydrogen-bond donors (Lipinski definition) is 1. The van der Waals surface area contributed by atoms with Crippen molar-refractivity contribution in [1.29, 1.82) is 0 Å². The highest BCUT2D eigenvalue weighted by Gasteiger charge is 2.09. The second kappa shape index (κ2) is 5.78. The molecule has 0 amide bonds. The Balaban J connectivity index is 3.50. The predicted molar refractivity (Wildman–Crippen MR) is 58.6 cm³/mol. The van der Waals surface area contributed by atoms with E-state index >= 15 is 0 Å². The van der Waals surface area contributed by atoms with Crippen LogP contribution in [0.2, 0.25) is 25.7 Å². The van der Waals surface area contributed by atoms with E-state index in [4.69, 9.17) is 16.7 Å². The van der Waals surface area contributed by atoms with Gasteiger partial charge in [-0.3, -0.25) is 0 Å². The highest BCUT2D eigenvalue weighted by Crippen LogP contribution is 2.09. The molecule has 0 aromatic rings. The molecule has 0 heterocycles. The van der Waals surface area contributed by atoms with Gasteiger partial charge in [0.1, 0.15) is 0 Å². The van der Waals surface area contributed by atoms with E-state index in [0.29, 0.717) is 12.3 Å². The number of halogens is 1. The Kier molecular flexibility index (Phi) is 5.88. The van der Waals surface area contributed by atoms with Gasteiger partial charge in [-0.15, -0.1) is 11.6 Å². The Labute approximate surface area is 81.4 Å². The van der Waals surface area contributed by atoms with Gasteiger partial charge in [-0.1, -0.05) is 31.8 Å². The van der Waals surface area contributed by atoms with Crippen LogP contribution < -0.4 is 0 Å². The summed E-state index contributed by atoms with van der Waals surface area (Å²) < 4.78 is 0. The summed E-state index contributed by atoms with van der Waals surface area (Å²) >= 11 is 5.45. The maximum Gasteiger partial charge on any atom is 0.0709 e. The monoisotopic (exact) mass is 206 g/mol. The first-order chi connectivity index (χ1) is 5.45. The average molecular weight is 207 g/mol. The van der Waals surface area contributed by atoms with E-state index in [-0.39, 0.29) is 6.10 Å². The highest BCUT2D eigenvalue weighted by atomic mass is 35.5. The van der Waals surface area contributed by atoms with Crippen LogP contribution in [0.5, 0.6) is 0 Å². The molecule has 12 heavy (non-hydrogen) atoms. The van der Waals surface area contributed by atoms with Gasteiger partial charge in [-0.2, -0.15) is 0 Å². The molecule has 0 saturated heterocycles. The summed E-state index contributed by atoms with van der Waals surface area (Å²) in [5.74, 6) is 0.331. The number of aliphatic hydroxyl groups is 1. The van der Waals surface area contributed by atoms with Crippen LogP contribution in [0.3, 0.4) is 0 Å². The second-order valence-electron chi connectivity index (χ2n) is 4.28. The van der Waals surface area contributed by atoms with E-state index in [2.05, 4.69) is 25.7 Å². The number of rotatable bonds is 5. The topological polar surface area (TPSA) is 20.2 Å². The van der Waals surface area contributed by atoms with Crippen molar-refractivity contribution in [3.05, 3.63) is 12.2 Å². The third kappa shape index (κ3) is 8.30. The third-order valence-corrected chi connectivity index (χ3v) is 3.30. The molecule has 1 atom stereocenters. The lowest BCUT2D eigenvalue weighted by Gasteiger charge is -2.11. The molecule has 0 unspecified atom stereocenters. The molecule has 72 valence electrons. The van der Waals surface area contributed by atoms with E-state index in [1.807, 2.05) is 6.08 Å². The number of allylic oxidation sites excluding steroid dienone is 1. The van der Waals surface area contributed by atoms with Crippen LogP contribution in [0.4, 0.5) is 0 Å². The minimum absolute atomic E-state index is 0.331. The van der Waals surface area contributed by atoms with Crippen molar-refractivity contribution in [2.24, 2.45) is 0 Å². The molecule has 0 aliphatic rings. The summed E-state index contributed by atoms with van der Waals surface area (Å²) in [5.41, 5.74) is 0. The van der Waals surface area contributed by atoms with Crippen LogP contribution in [-0.2, 0) is 0 Å². The molecule has 0 spiro atoms. The molecule has 0 aromatic carbocycles. The van der Waals surface area contributed by atoms with Crippen molar-refractivity contribution in [3.63, 3.8) is 0 Å². The fourth-order valence-electron chi connectivity index (χ4n) is 0.753. The molecule has 1 N–H and O–H groups in total. The third-order valence-electron chi connectivity index (χ3n) is 1.48. The maximum absolute atomic E-state index is 9.12. The summed E-state index contributed by atoms with van der Waals surface area (Å²) in [7, 11) is -0.941. The van der Waals surface area contributed by atoms with Gasteiger partial charge in [0.15, 0.2) is 0 Å². The summed E-state index contributed by atoms with van der Waals surface area (Å²) in [6.45, 7) is 6.99. The summed E-state index contributed by atoms with van der Waals surface area (Å²) in [5, 5.41) is 9.12. The molecule has 0 aliphatic heterocycles. The molecular formula is C9H19ClOSi. The van der Waals surface area contributed by atoms with Gasteiger partial charge >= 0.3 is 0 Å². The number of alkyl halides is 1. The zero-order chi connectivity index (χ0) is 9.61. The van der Waals surface area contributed by atoms with Crippen molar-refractivity contribution in [1.82, 2.24) is 0 Å². The second-order valence-corrected chi connectivity index (χ2v) is 10.1. The molecule has 0 fully saturated rings. The summed E-state index contributed by atoms with van der Waals surface area (Å²) in [4.78, 5) is 0. The predicted octanol–water partition coefficient (Wildman–Crippen LogP) is 2.87. The molecule has 1 nitrogen and oxygen atoms in total. The van der Waals surface area contributed by atoms with Gasteiger partial charge in [-0.05, 0) is 12.5 Å². The number of hydrogen-bond acceptors (Lipinski definition) is 1. The van der Waals surface area contributed by atoms with E-state index in [1.165, 1.54) is 6.04 Å². The van der Waals surface area contributed by atoms with Crippen molar-refractivity contribution in [2.45, 2.75) is 38.2 Å². The summed E-state index contributed by atoms with van der Waals surface area (Å²) in [6.07, 6.45) is 4.52. The van der Waals surface area contributed by atoms with Gasteiger partial charge in [-0.25, -0.2) is 0 Å². The van der Waals surface area contributed by atoms with Crippen LogP contribution in [0.1, 0.15) is 6.42 Å². The van der Waals surface area contributed by atoms with Crippen molar-refractivity contribution < 1.29 is 5.11 Å². The van der Waals surface area contributed by atoms with E-state index < -0.39 is 8.07 Å². The van der Waals surface area contributed by atoms with Crippen molar-refractivity contribution in [2.75, 3.05) is 5.88 Å². The van der Waals surface area contributed by atoms with Gasteiger partial charge in [0, 0.05) is 14.0 Å². The molecule has 0 radical (unpaired) electrons. The Morgan fingerprint density at radius 2 is 1.92 bits per heavy atom. The van der Waals surface area contributed by atoms with Gasteiger partial charge in [0.2, 0.25) is 0 Å². The van der Waals surface area contributed by atoms with Gasteiger partial charge < -0.3 is 5.11 Å². The molecule has 0 aliphatic carbocycles. The SMILES string of the molecule is C[Si](C)(C)CC=CC[C@@H](O)CCl. The Morgan fingerprint density at radius 3 is 2.33 bits per heavy atom. The fourth-order valence-corrected chi connectivity index (χ4v) is 1.75.